The van der Waals surface area contributed by atoms with Gasteiger partial charge in [-0.2, -0.15) is 0 Å². The Kier molecular flexibility index (Phi) is 10.9. The summed E-state index contributed by atoms with van der Waals surface area (Å²) in [5.41, 5.74) is 3.86. The number of likely N-dealkylation sites (tertiary alicyclic amines) is 2. The van der Waals surface area contributed by atoms with Gasteiger partial charge in [-0.25, -0.2) is 23.7 Å². The van der Waals surface area contributed by atoms with Crippen molar-refractivity contribution in [1.29, 1.82) is 0 Å². The molecule has 6 nitrogen and oxygen atoms in total. The Bertz CT molecular complexity index is 1290. The molecule has 3 aromatic rings. The van der Waals surface area contributed by atoms with Crippen LogP contribution < -0.4 is 5.32 Å². The van der Waals surface area contributed by atoms with Crippen molar-refractivity contribution in [2.75, 3.05) is 31.5 Å². The predicted molar refractivity (Wildman–Crippen MR) is 169 cm³/mol. The summed E-state index contributed by atoms with van der Waals surface area (Å²) >= 11 is 0. The molecule has 42 heavy (non-hydrogen) atoms. The van der Waals surface area contributed by atoms with E-state index >= 15 is 8.78 Å². The summed E-state index contributed by atoms with van der Waals surface area (Å²) in [7, 11) is 0. The number of piperidine rings is 2. The molecule has 5 rings (SSSR count). The van der Waals surface area contributed by atoms with Crippen LogP contribution >= 0.6 is 0 Å². The maximum Gasteiger partial charge on any atom is 0.276 e. The number of benzene rings is 1. The van der Waals surface area contributed by atoms with E-state index in [-0.39, 0.29) is 5.56 Å². The van der Waals surface area contributed by atoms with Gasteiger partial charge in [0.25, 0.3) is 5.92 Å². The second-order valence-corrected chi connectivity index (χ2v) is 12.2. The lowest BCUT2D eigenvalue weighted by Crippen LogP contribution is -2.42. The third kappa shape index (κ3) is 7.25. The first-order chi connectivity index (χ1) is 20.1. The smallest absolute Gasteiger partial charge is 0.276 e. The van der Waals surface area contributed by atoms with Gasteiger partial charge in [-0.3, -0.25) is 0 Å². The van der Waals surface area contributed by atoms with Crippen LogP contribution in [0.4, 0.5) is 14.6 Å². The molecule has 2 fully saturated rings. The number of fused-ring (bicyclic) bond motifs is 1. The lowest BCUT2D eigenvalue weighted by Gasteiger charge is -2.38. The molecule has 0 amide bonds. The lowest BCUT2D eigenvalue weighted by atomic mass is 9.85. The topological polar surface area (TPSA) is 57.2 Å². The third-order valence-electron chi connectivity index (χ3n) is 9.10. The van der Waals surface area contributed by atoms with Crippen molar-refractivity contribution in [2.45, 2.75) is 105 Å². The quantitative estimate of drug-likeness (QED) is 0.294. The number of pyridine rings is 1. The summed E-state index contributed by atoms with van der Waals surface area (Å²) < 4.78 is 31.2. The standard InChI is InChI=1S/C32H44F2N6.C2H6/c1-21(2)39-13-9-25(10-14-39)28-18-29-30(36-20-37-31(29)38-23(28)5)35-19-24-7-6-8-27(17-24)32(33,34)26-11-15-40(16-12-26)22(3)4;1-2/h6-8,17-18,20-22,25-26H,9-16,19H2,1-5H3,(H,35,36,37,38);1-2H3. The molecule has 0 unspecified atom stereocenters. The minimum Gasteiger partial charge on any atom is -0.365 e. The van der Waals surface area contributed by atoms with E-state index in [1.54, 1.807) is 18.2 Å². The highest BCUT2D eigenvalue weighted by Gasteiger charge is 2.42. The summed E-state index contributed by atoms with van der Waals surface area (Å²) in [6.07, 6.45) is 4.78. The minimum atomic E-state index is -2.85. The fourth-order valence-electron chi connectivity index (χ4n) is 6.46. The van der Waals surface area contributed by atoms with Gasteiger partial charge < -0.3 is 15.1 Å². The second-order valence-electron chi connectivity index (χ2n) is 12.2. The van der Waals surface area contributed by atoms with Gasteiger partial charge in [0, 0.05) is 35.8 Å². The van der Waals surface area contributed by atoms with E-state index < -0.39 is 11.8 Å². The van der Waals surface area contributed by atoms with Crippen molar-refractivity contribution in [3.63, 3.8) is 0 Å². The molecule has 230 valence electrons. The van der Waals surface area contributed by atoms with Gasteiger partial charge in [0.15, 0.2) is 5.65 Å². The molecule has 4 heterocycles. The number of halogens is 2. The number of anilines is 1. The molecule has 0 bridgehead atoms. The van der Waals surface area contributed by atoms with Crippen molar-refractivity contribution >= 4 is 16.9 Å². The number of aryl methyl sites for hydroxylation is 1. The largest absolute Gasteiger partial charge is 0.365 e. The molecule has 1 aromatic carbocycles. The van der Waals surface area contributed by atoms with Gasteiger partial charge in [0.2, 0.25) is 0 Å². The Hall–Kier alpha value is -2.71. The molecule has 2 saturated heterocycles. The molecule has 2 aromatic heterocycles. The highest BCUT2D eigenvalue weighted by Crippen LogP contribution is 2.42. The van der Waals surface area contributed by atoms with Crippen LogP contribution in [0.5, 0.6) is 0 Å². The van der Waals surface area contributed by atoms with Crippen LogP contribution in [0.1, 0.15) is 95.5 Å². The Morgan fingerprint density at radius 2 is 1.52 bits per heavy atom. The number of nitrogens with one attached hydrogen (secondary N) is 1. The molecule has 0 spiro atoms. The fraction of sp³-hybridized carbons (Fsp3) is 0.618. The normalized spacial score (nSPS) is 18.0. The molecular weight excluding hydrogens is 530 g/mol. The fourth-order valence-corrected chi connectivity index (χ4v) is 6.46. The van der Waals surface area contributed by atoms with E-state index in [0.717, 1.165) is 55.7 Å². The second kappa shape index (κ2) is 14.2. The summed E-state index contributed by atoms with van der Waals surface area (Å²) in [6, 6.07) is 10.0. The zero-order chi connectivity index (χ0) is 30.4. The Balaban J connectivity index is 0.00000198. The third-order valence-corrected chi connectivity index (χ3v) is 9.10. The number of nitrogens with zero attached hydrogens (tertiary/aromatic N) is 5. The molecule has 0 aliphatic carbocycles. The van der Waals surface area contributed by atoms with Crippen molar-refractivity contribution in [1.82, 2.24) is 24.8 Å². The number of alkyl halides is 2. The van der Waals surface area contributed by atoms with Gasteiger partial charge in [-0.1, -0.05) is 32.0 Å². The van der Waals surface area contributed by atoms with Crippen molar-refractivity contribution in [3.8, 4) is 0 Å². The number of rotatable bonds is 8. The molecule has 0 radical (unpaired) electrons. The van der Waals surface area contributed by atoms with E-state index in [2.05, 4.69) is 65.8 Å². The van der Waals surface area contributed by atoms with E-state index in [1.165, 1.54) is 11.9 Å². The number of hydrogen-bond acceptors (Lipinski definition) is 6. The van der Waals surface area contributed by atoms with Crippen LogP contribution in [0.15, 0.2) is 36.7 Å². The van der Waals surface area contributed by atoms with Crippen molar-refractivity contribution in [2.24, 2.45) is 5.92 Å². The van der Waals surface area contributed by atoms with Crippen LogP contribution in [0.25, 0.3) is 11.0 Å². The summed E-state index contributed by atoms with van der Waals surface area (Å²) in [6.45, 7) is 18.9. The monoisotopic (exact) mass is 580 g/mol. The first-order valence-electron chi connectivity index (χ1n) is 15.9. The summed E-state index contributed by atoms with van der Waals surface area (Å²) in [5.74, 6) is -2.32. The maximum atomic E-state index is 15.6. The van der Waals surface area contributed by atoms with Crippen LogP contribution in [-0.2, 0) is 12.5 Å². The van der Waals surface area contributed by atoms with E-state index in [1.807, 2.05) is 19.9 Å². The van der Waals surface area contributed by atoms with Crippen LogP contribution in [0.2, 0.25) is 0 Å². The zero-order valence-corrected chi connectivity index (χ0v) is 26.6. The highest BCUT2D eigenvalue weighted by molar-refractivity contribution is 5.87. The van der Waals surface area contributed by atoms with E-state index in [9.17, 15) is 0 Å². The summed E-state index contributed by atoms with van der Waals surface area (Å²) in [4.78, 5) is 18.6. The number of hydrogen-bond donors (Lipinski definition) is 1. The van der Waals surface area contributed by atoms with Crippen molar-refractivity contribution < 1.29 is 8.78 Å². The van der Waals surface area contributed by atoms with E-state index in [0.29, 0.717) is 48.9 Å². The van der Waals surface area contributed by atoms with Gasteiger partial charge in [0.05, 0.1) is 5.39 Å². The molecule has 8 heteroatoms. The van der Waals surface area contributed by atoms with Crippen LogP contribution in [0, 0.1) is 12.8 Å². The van der Waals surface area contributed by atoms with Crippen molar-refractivity contribution in [3.05, 3.63) is 59.0 Å². The number of aromatic nitrogens is 3. The lowest BCUT2D eigenvalue weighted by molar-refractivity contribution is -0.0875. The molecule has 2 aliphatic heterocycles. The average molecular weight is 581 g/mol. The predicted octanol–water partition coefficient (Wildman–Crippen LogP) is 7.77. The highest BCUT2D eigenvalue weighted by atomic mass is 19.3. The van der Waals surface area contributed by atoms with Gasteiger partial charge in [-0.15, -0.1) is 0 Å². The Morgan fingerprint density at radius 1 is 0.905 bits per heavy atom. The zero-order valence-electron chi connectivity index (χ0n) is 26.6. The average Bonchev–Trinajstić information content (AvgIpc) is 3.01. The van der Waals surface area contributed by atoms with Crippen LogP contribution in [-0.4, -0.2) is 63.0 Å². The Morgan fingerprint density at radius 3 is 2.14 bits per heavy atom. The van der Waals surface area contributed by atoms with Gasteiger partial charge >= 0.3 is 0 Å². The van der Waals surface area contributed by atoms with Gasteiger partial charge in [0.1, 0.15) is 12.1 Å². The molecule has 0 saturated carbocycles. The molecule has 2 aliphatic rings. The maximum absolute atomic E-state index is 15.6. The van der Waals surface area contributed by atoms with E-state index in [4.69, 9.17) is 4.98 Å². The molecule has 1 N–H and O–H groups in total. The molecular formula is C34H50F2N6. The van der Waals surface area contributed by atoms with Gasteiger partial charge in [-0.05, 0) is 116 Å². The Labute approximate surface area is 251 Å². The SMILES string of the molecule is CC.Cc1nc2ncnc(NCc3cccc(C(F)(F)C4CCN(C(C)C)CC4)c3)c2cc1C1CCN(C(C)C)CC1. The first-order valence-corrected chi connectivity index (χ1v) is 15.9. The van der Waals surface area contributed by atoms with Crippen LogP contribution in [0.3, 0.4) is 0 Å². The minimum absolute atomic E-state index is 0.106. The first kappa shape index (κ1) is 32.2. The molecule has 0 atom stereocenters. The summed E-state index contributed by atoms with van der Waals surface area (Å²) in [5, 5.41) is 4.28.